The number of nitrogens with two attached hydrogens (primary N) is 1. The predicted octanol–water partition coefficient (Wildman–Crippen LogP) is 4.76. The number of anilines is 2. The molecule has 0 spiro atoms. The molecule has 3 aromatic rings. The quantitative estimate of drug-likeness (QED) is 0.380. The fraction of sp³-hybridized carbons (Fsp3) is 0.440. The van der Waals surface area contributed by atoms with Gasteiger partial charge in [0.05, 0.1) is 11.9 Å². The van der Waals surface area contributed by atoms with Crippen LogP contribution in [0.4, 0.5) is 11.6 Å². The fourth-order valence-corrected chi connectivity index (χ4v) is 4.74. The third kappa shape index (κ3) is 5.59. The summed E-state index contributed by atoms with van der Waals surface area (Å²) in [5, 5.41) is 3.42. The van der Waals surface area contributed by atoms with Gasteiger partial charge in [-0.2, -0.15) is 0 Å². The molecular formula is C25H33N5O3S. The number of oxazole rings is 1. The SMILES string of the molecule is CCS(=O)(=O)Nc1cc(-c2ncc(C(C)C(N)c3ccccc3)o2)cc(NC(C)C2CC2C)n1. The van der Waals surface area contributed by atoms with E-state index in [4.69, 9.17) is 10.2 Å². The van der Waals surface area contributed by atoms with E-state index in [2.05, 4.69) is 33.9 Å². The number of nitrogens with one attached hydrogen (secondary N) is 2. The van der Waals surface area contributed by atoms with Crippen LogP contribution in [0.2, 0.25) is 0 Å². The first-order valence-electron chi connectivity index (χ1n) is 11.7. The summed E-state index contributed by atoms with van der Waals surface area (Å²) >= 11 is 0. The number of benzene rings is 1. The first kappa shape index (κ1) is 24.2. The van der Waals surface area contributed by atoms with Crippen LogP contribution in [-0.2, 0) is 10.0 Å². The van der Waals surface area contributed by atoms with Crippen molar-refractivity contribution >= 4 is 21.7 Å². The molecule has 8 nitrogen and oxygen atoms in total. The molecule has 0 aliphatic heterocycles. The molecule has 34 heavy (non-hydrogen) atoms. The van der Waals surface area contributed by atoms with Crippen LogP contribution >= 0.6 is 0 Å². The zero-order chi connectivity index (χ0) is 24.5. The average molecular weight is 484 g/mol. The second-order valence-electron chi connectivity index (χ2n) is 9.23. The topological polar surface area (TPSA) is 123 Å². The molecule has 0 amide bonds. The van der Waals surface area contributed by atoms with Crippen LogP contribution < -0.4 is 15.8 Å². The molecular weight excluding hydrogens is 450 g/mol. The van der Waals surface area contributed by atoms with Gasteiger partial charge in [-0.25, -0.2) is 18.4 Å². The Morgan fingerprint density at radius 3 is 2.50 bits per heavy atom. The predicted molar refractivity (Wildman–Crippen MR) is 135 cm³/mol. The zero-order valence-corrected chi connectivity index (χ0v) is 20.8. The lowest BCUT2D eigenvalue weighted by molar-refractivity contribution is 0.446. The summed E-state index contributed by atoms with van der Waals surface area (Å²) in [6.45, 7) is 7.93. The molecule has 0 bridgehead atoms. The number of aromatic nitrogens is 2. The van der Waals surface area contributed by atoms with E-state index >= 15 is 0 Å². The maximum absolute atomic E-state index is 12.2. The molecule has 4 N–H and O–H groups in total. The molecule has 4 rings (SSSR count). The van der Waals surface area contributed by atoms with E-state index in [1.165, 1.54) is 6.42 Å². The summed E-state index contributed by atoms with van der Waals surface area (Å²) in [5.41, 5.74) is 8.12. The van der Waals surface area contributed by atoms with Crippen LogP contribution in [0.25, 0.3) is 11.5 Å². The minimum Gasteiger partial charge on any atom is -0.441 e. The van der Waals surface area contributed by atoms with E-state index in [-0.39, 0.29) is 29.6 Å². The summed E-state index contributed by atoms with van der Waals surface area (Å²) in [7, 11) is -3.49. The monoisotopic (exact) mass is 483 g/mol. The molecule has 2 heterocycles. The molecule has 1 aliphatic carbocycles. The van der Waals surface area contributed by atoms with Crippen molar-refractivity contribution in [1.29, 1.82) is 0 Å². The Hall–Kier alpha value is -2.91. The summed E-state index contributed by atoms with van der Waals surface area (Å²) < 4.78 is 33.0. The van der Waals surface area contributed by atoms with Gasteiger partial charge in [0.15, 0.2) is 0 Å². The molecule has 9 heteroatoms. The molecule has 0 radical (unpaired) electrons. The number of sulfonamides is 1. The molecule has 1 fully saturated rings. The Labute approximate surface area is 201 Å². The summed E-state index contributed by atoms with van der Waals surface area (Å²) in [6, 6.07) is 13.3. The maximum Gasteiger partial charge on any atom is 0.233 e. The first-order chi connectivity index (χ1) is 16.2. The van der Waals surface area contributed by atoms with Gasteiger partial charge in [0.1, 0.15) is 17.4 Å². The first-order valence-corrected chi connectivity index (χ1v) is 13.4. The fourth-order valence-electron chi connectivity index (χ4n) is 4.17. The standard InChI is InChI=1S/C25H33N5O3S/c1-5-34(31,32)30-23-13-19(12-22(29-23)28-17(4)20-11-15(20)2)25-27-14-21(33-25)16(3)24(26)18-9-7-6-8-10-18/h6-10,12-17,20,24H,5,11,26H2,1-4H3,(H2,28,29,30). The minimum atomic E-state index is -3.49. The lowest BCUT2D eigenvalue weighted by Gasteiger charge is -2.18. The molecule has 0 saturated heterocycles. The van der Waals surface area contributed by atoms with Crippen LogP contribution in [-0.4, -0.2) is 30.2 Å². The van der Waals surface area contributed by atoms with Crippen molar-refractivity contribution in [3.63, 3.8) is 0 Å². The van der Waals surface area contributed by atoms with Crippen molar-refractivity contribution in [2.24, 2.45) is 17.6 Å². The van der Waals surface area contributed by atoms with Crippen molar-refractivity contribution in [1.82, 2.24) is 9.97 Å². The molecule has 182 valence electrons. The molecule has 5 unspecified atom stereocenters. The average Bonchev–Trinajstić information content (AvgIpc) is 3.35. The Balaban J connectivity index is 1.62. The highest BCUT2D eigenvalue weighted by Crippen LogP contribution is 2.41. The van der Waals surface area contributed by atoms with Gasteiger partial charge >= 0.3 is 0 Å². The number of hydrogen-bond donors (Lipinski definition) is 3. The summed E-state index contributed by atoms with van der Waals surface area (Å²) in [5.74, 6) is 2.96. The van der Waals surface area contributed by atoms with Gasteiger partial charge in [0.2, 0.25) is 15.9 Å². The van der Waals surface area contributed by atoms with Gasteiger partial charge in [0.25, 0.3) is 0 Å². The van der Waals surface area contributed by atoms with Crippen LogP contribution in [0.5, 0.6) is 0 Å². The van der Waals surface area contributed by atoms with Crippen molar-refractivity contribution in [3.05, 3.63) is 60.0 Å². The van der Waals surface area contributed by atoms with E-state index in [0.29, 0.717) is 34.9 Å². The third-order valence-electron chi connectivity index (χ3n) is 6.60. The number of pyridine rings is 1. The highest BCUT2D eigenvalue weighted by Gasteiger charge is 2.37. The number of rotatable bonds is 10. The van der Waals surface area contributed by atoms with Gasteiger partial charge in [-0.1, -0.05) is 44.2 Å². The molecule has 1 saturated carbocycles. The smallest absolute Gasteiger partial charge is 0.233 e. The highest BCUT2D eigenvalue weighted by atomic mass is 32.2. The summed E-state index contributed by atoms with van der Waals surface area (Å²) in [4.78, 5) is 8.95. The van der Waals surface area contributed by atoms with E-state index in [1.807, 2.05) is 43.3 Å². The Bertz CT molecular complexity index is 1230. The normalized spacial score (nSPS) is 20.4. The highest BCUT2D eigenvalue weighted by molar-refractivity contribution is 7.92. The number of hydrogen-bond acceptors (Lipinski definition) is 7. The van der Waals surface area contributed by atoms with Crippen molar-refractivity contribution in [2.45, 2.75) is 52.1 Å². The van der Waals surface area contributed by atoms with Crippen LogP contribution in [0, 0.1) is 11.8 Å². The molecule has 1 aromatic carbocycles. The molecule has 1 aliphatic rings. The largest absolute Gasteiger partial charge is 0.441 e. The van der Waals surface area contributed by atoms with Crippen LogP contribution in [0.3, 0.4) is 0 Å². The van der Waals surface area contributed by atoms with Crippen molar-refractivity contribution < 1.29 is 12.8 Å². The lowest BCUT2D eigenvalue weighted by atomic mass is 9.94. The summed E-state index contributed by atoms with van der Waals surface area (Å²) in [6.07, 6.45) is 2.85. The van der Waals surface area contributed by atoms with Crippen LogP contribution in [0.15, 0.2) is 53.1 Å². The van der Waals surface area contributed by atoms with Gasteiger partial charge in [-0.15, -0.1) is 0 Å². The minimum absolute atomic E-state index is 0.0459. The van der Waals surface area contributed by atoms with E-state index in [0.717, 1.165) is 5.56 Å². The Kier molecular flexibility index (Phi) is 6.95. The van der Waals surface area contributed by atoms with E-state index < -0.39 is 10.0 Å². The third-order valence-corrected chi connectivity index (χ3v) is 7.88. The van der Waals surface area contributed by atoms with Crippen LogP contribution in [0.1, 0.15) is 57.4 Å². The number of nitrogens with zero attached hydrogens (tertiary/aromatic N) is 2. The second kappa shape index (κ2) is 9.76. The zero-order valence-electron chi connectivity index (χ0n) is 20.0. The molecule has 2 aromatic heterocycles. The van der Waals surface area contributed by atoms with Gasteiger partial charge < -0.3 is 15.5 Å². The van der Waals surface area contributed by atoms with Gasteiger partial charge in [0, 0.05) is 23.6 Å². The lowest BCUT2D eigenvalue weighted by Crippen LogP contribution is -2.20. The van der Waals surface area contributed by atoms with Gasteiger partial charge in [-0.3, -0.25) is 4.72 Å². The Morgan fingerprint density at radius 2 is 1.85 bits per heavy atom. The van der Waals surface area contributed by atoms with Crippen molar-refractivity contribution in [2.75, 3.05) is 15.8 Å². The second-order valence-corrected chi connectivity index (χ2v) is 11.2. The molecule has 5 atom stereocenters. The van der Waals surface area contributed by atoms with Gasteiger partial charge in [-0.05, 0) is 49.8 Å². The Morgan fingerprint density at radius 1 is 1.18 bits per heavy atom. The van der Waals surface area contributed by atoms with E-state index in [1.54, 1.807) is 19.2 Å². The van der Waals surface area contributed by atoms with Crippen molar-refractivity contribution in [3.8, 4) is 11.5 Å². The maximum atomic E-state index is 12.2. The van der Waals surface area contributed by atoms with E-state index in [9.17, 15) is 8.42 Å².